The summed E-state index contributed by atoms with van der Waals surface area (Å²) < 4.78 is 5.87. The zero-order chi connectivity index (χ0) is 22.8. The lowest BCUT2D eigenvalue weighted by Gasteiger charge is -2.07. The van der Waals surface area contributed by atoms with Crippen molar-refractivity contribution in [3.8, 4) is 17.1 Å². The highest BCUT2D eigenvalue weighted by atomic mass is 35.5. The summed E-state index contributed by atoms with van der Waals surface area (Å²) in [4.78, 5) is 12.9. The highest BCUT2D eigenvalue weighted by Gasteiger charge is 2.25. The summed E-state index contributed by atoms with van der Waals surface area (Å²) in [6.45, 7) is 1.74. The van der Waals surface area contributed by atoms with Gasteiger partial charge in [-0.05, 0) is 47.1 Å². The van der Waals surface area contributed by atoms with E-state index in [2.05, 4.69) is 35.8 Å². The lowest BCUT2D eigenvalue weighted by molar-refractivity contribution is 0.0950. The molecule has 4 aromatic rings. The molecule has 0 bridgehead atoms. The number of anilines is 1. The van der Waals surface area contributed by atoms with Crippen molar-refractivity contribution in [2.24, 2.45) is 5.10 Å². The Morgan fingerprint density at radius 3 is 2.50 bits per heavy atom. The van der Waals surface area contributed by atoms with Gasteiger partial charge >= 0.3 is 0 Å². The molecule has 2 heterocycles. The molecule has 162 valence electrons. The van der Waals surface area contributed by atoms with Crippen molar-refractivity contribution in [3.05, 3.63) is 68.8 Å². The second kappa shape index (κ2) is 8.95. The van der Waals surface area contributed by atoms with Crippen LogP contribution in [0.3, 0.4) is 0 Å². The summed E-state index contributed by atoms with van der Waals surface area (Å²) >= 11 is 18.1. The average Bonchev–Trinajstić information content (AvgIpc) is 3.40. The molecule has 0 aliphatic heterocycles. The summed E-state index contributed by atoms with van der Waals surface area (Å²) in [6.07, 6.45) is 0. The smallest absolute Gasteiger partial charge is 0.294 e. The Morgan fingerprint density at radius 2 is 1.84 bits per heavy atom. The maximum absolute atomic E-state index is 12.9. The Bertz CT molecular complexity index is 1330. The molecule has 0 atom stereocenters. The first-order chi connectivity index (χ1) is 15.3. The van der Waals surface area contributed by atoms with Gasteiger partial charge in [0.15, 0.2) is 5.69 Å². The largest absolute Gasteiger partial charge is 0.378 e. The fourth-order valence-corrected chi connectivity index (χ4v) is 3.19. The minimum absolute atomic E-state index is 0.0419. The fraction of sp³-hybridized carbons (Fsp3) is 0.0526. The third-order valence-electron chi connectivity index (χ3n) is 4.36. The predicted molar refractivity (Wildman–Crippen MR) is 120 cm³/mol. The van der Waals surface area contributed by atoms with E-state index < -0.39 is 5.91 Å². The second-order valence-corrected chi connectivity index (χ2v) is 7.70. The van der Waals surface area contributed by atoms with Gasteiger partial charge in [-0.25, -0.2) is 10.1 Å². The maximum Gasteiger partial charge on any atom is 0.294 e. The molecule has 2 aromatic carbocycles. The normalized spacial score (nSPS) is 11.6. The van der Waals surface area contributed by atoms with Crippen molar-refractivity contribution >= 4 is 52.2 Å². The minimum Gasteiger partial charge on any atom is -0.378 e. The van der Waals surface area contributed by atoms with Gasteiger partial charge < -0.3 is 5.73 Å². The first-order valence-corrected chi connectivity index (χ1v) is 10.1. The van der Waals surface area contributed by atoms with E-state index in [1.54, 1.807) is 49.4 Å². The molecule has 2 aromatic heterocycles. The molecule has 10 nitrogen and oxygen atoms in total. The quantitative estimate of drug-likeness (QED) is 0.318. The van der Waals surface area contributed by atoms with E-state index in [9.17, 15) is 4.79 Å². The van der Waals surface area contributed by atoms with Crippen LogP contribution in [0.15, 0.2) is 52.2 Å². The molecule has 0 unspecified atom stereocenters. The van der Waals surface area contributed by atoms with E-state index in [1.165, 1.54) is 4.68 Å². The molecule has 0 radical (unpaired) electrons. The molecular weight excluding hydrogens is 479 g/mol. The number of carbonyl (C=O) groups excluding carboxylic acids is 1. The van der Waals surface area contributed by atoms with Crippen molar-refractivity contribution in [2.45, 2.75) is 6.92 Å². The number of benzene rings is 2. The van der Waals surface area contributed by atoms with Crippen LogP contribution in [0.4, 0.5) is 5.82 Å². The minimum atomic E-state index is -0.624. The highest BCUT2D eigenvalue weighted by Crippen LogP contribution is 2.31. The number of nitrogens with two attached hydrogens (primary N) is 1. The van der Waals surface area contributed by atoms with E-state index >= 15 is 0 Å². The van der Waals surface area contributed by atoms with E-state index in [0.29, 0.717) is 21.3 Å². The Kier molecular flexibility index (Phi) is 6.08. The third-order valence-corrected chi connectivity index (χ3v) is 5.35. The number of hydrogen-bond donors (Lipinski definition) is 2. The van der Waals surface area contributed by atoms with E-state index in [4.69, 9.17) is 40.5 Å². The zero-order valence-corrected chi connectivity index (χ0v) is 18.5. The number of hydrazone groups is 1. The Morgan fingerprint density at radius 1 is 1.09 bits per heavy atom. The number of hydrogen-bond acceptors (Lipinski definition) is 8. The van der Waals surface area contributed by atoms with Gasteiger partial charge in [-0.15, -0.1) is 5.10 Å². The highest BCUT2D eigenvalue weighted by molar-refractivity contribution is 6.42. The van der Waals surface area contributed by atoms with Crippen LogP contribution in [0.5, 0.6) is 0 Å². The summed E-state index contributed by atoms with van der Waals surface area (Å²) in [7, 11) is 0. The molecular formula is C19H13Cl3N8O2. The molecule has 0 saturated carbocycles. The van der Waals surface area contributed by atoms with Gasteiger partial charge in [0.05, 0.1) is 15.8 Å². The van der Waals surface area contributed by atoms with Crippen LogP contribution in [0.2, 0.25) is 15.1 Å². The van der Waals surface area contributed by atoms with Gasteiger partial charge in [0.2, 0.25) is 11.6 Å². The number of carbonyl (C=O) groups is 1. The van der Waals surface area contributed by atoms with Gasteiger partial charge in [-0.3, -0.25) is 4.79 Å². The first kappa shape index (κ1) is 21.8. The predicted octanol–water partition coefficient (Wildman–Crippen LogP) is 4.01. The van der Waals surface area contributed by atoms with Crippen molar-refractivity contribution in [1.29, 1.82) is 0 Å². The molecule has 0 saturated heterocycles. The molecule has 0 aliphatic rings. The van der Waals surface area contributed by atoms with Gasteiger partial charge in [-0.2, -0.15) is 9.78 Å². The van der Waals surface area contributed by atoms with Crippen LogP contribution in [-0.4, -0.2) is 36.9 Å². The Hall–Kier alpha value is -3.47. The van der Waals surface area contributed by atoms with Crippen molar-refractivity contribution < 1.29 is 9.42 Å². The number of aromatic nitrogens is 5. The number of nitrogens with one attached hydrogen (secondary N) is 1. The molecule has 0 aliphatic carbocycles. The number of nitrogens with zero attached hydrogens (tertiary/aromatic N) is 6. The van der Waals surface area contributed by atoms with E-state index in [0.717, 1.165) is 5.56 Å². The monoisotopic (exact) mass is 490 g/mol. The van der Waals surface area contributed by atoms with Crippen LogP contribution in [0.1, 0.15) is 23.0 Å². The lowest BCUT2D eigenvalue weighted by Crippen LogP contribution is -2.21. The van der Waals surface area contributed by atoms with Crippen molar-refractivity contribution in [2.75, 3.05) is 5.73 Å². The third kappa shape index (κ3) is 4.28. The molecule has 0 spiro atoms. The molecule has 13 heteroatoms. The first-order valence-electron chi connectivity index (χ1n) is 8.95. The molecule has 0 fully saturated rings. The van der Waals surface area contributed by atoms with E-state index in [1.807, 2.05) is 0 Å². The van der Waals surface area contributed by atoms with Crippen LogP contribution in [0.25, 0.3) is 17.1 Å². The van der Waals surface area contributed by atoms with E-state index in [-0.39, 0.29) is 28.0 Å². The number of rotatable bonds is 5. The summed E-state index contributed by atoms with van der Waals surface area (Å²) in [6, 6.07) is 11.8. The van der Waals surface area contributed by atoms with Gasteiger partial charge in [0, 0.05) is 10.6 Å². The molecule has 4 rings (SSSR count). The standard InChI is InChI=1S/C19H13Cl3N8O2/c1-9(10-2-5-12(20)6-3-10)24-26-19(31)15-16(11-4-7-13(21)14(22)8-11)30(29-25-15)18-17(23)27-32-28-18/h2-8H,1H3,(H2,23,27)(H,26,31)/b24-9+. The molecule has 1 amide bonds. The van der Waals surface area contributed by atoms with Crippen LogP contribution >= 0.6 is 34.8 Å². The SMILES string of the molecule is C/C(=N\NC(=O)c1nnn(-c2nonc2N)c1-c1ccc(Cl)c(Cl)c1)c1ccc(Cl)cc1. The topological polar surface area (TPSA) is 137 Å². The van der Waals surface area contributed by atoms with Crippen molar-refractivity contribution in [3.63, 3.8) is 0 Å². The summed E-state index contributed by atoms with van der Waals surface area (Å²) in [5, 5.41) is 20.6. The summed E-state index contributed by atoms with van der Waals surface area (Å²) in [5.41, 5.74) is 10.3. The lowest BCUT2D eigenvalue weighted by atomic mass is 10.1. The number of halogens is 3. The zero-order valence-electron chi connectivity index (χ0n) is 16.3. The number of amides is 1. The Labute approximate surface area is 195 Å². The summed E-state index contributed by atoms with van der Waals surface area (Å²) in [5.74, 6) is -0.612. The second-order valence-electron chi connectivity index (χ2n) is 6.45. The Balaban J connectivity index is 1.73. The van der Waals surface area contributed by atoms with Crippen LogP contribution < -0.4 is 11.2 Å². The number of nitrogen functional groups attached to an aromatic ring is 1. The average molecular weight is 492 g/mol. The molecule has 3 N–H and O–H groups in total. The van der Waals surface area contributed by atoms with Gasteiger partial charge in [0.25, 0.3) is 5.91 Å². The maximum atomic E-state index is 12.9. The van der Waals surface area contributed by atoms with Gasteiger partial charge in [-0.1, -0.05) is 58.2 Å². The fourth-order valence-electron chi connectivity index (χ4n) is 2.77. The van der Waals surface area contributed by atoms with Crippen LogP contribution in [0, 0.1) is 0 Å². The molecule has 32 heavy (non-hydrogen) atoms. The van der Waals surface area contributed by atoms with Crippen LogP contribution in [-0.2, 0) is 0 Å². The van der Waals surface area contributed by atoms with Crippen molar-refractivity contribution in [1.82, 2.24) is 30.7 Å². The van der Waals surface area contributed by atoms with Gasteiger partial charge in [0.1, 0.15) is 5.69 Å².